The number of ether oxygens (including phenoxy) is 6. The summed E-state index contributed by atoms with van der Waals surface area (Å²) in [5.74, 6) is 11.1. The molecule has 0 aromatic heterocycles. The van der Waals surface area contributed by atoms with Crippen molar-refractivity contribution >= 4 is 93.4 Å². The molecular weight excluding hydrogens is 1580 g/mol. The van der Waals surface area contributed by atoms with Crippen molar-refractivity contribution in [3.05, 3.63) is 161 Å². The minimum Gasteiger partial charge on any atom is -0.388 e. The molecule has 6 unspecified atom stereocenters. The van der Waals surface area contributed by atoms with E-state index >= 15 is 0 Å². The van der Waals surface area contributed by atoms with Gasteiger partial charge >= 0.3 is 0 Å². The Hall–Kier alpha value is -5.24. The third-order valence-corrected chi connectivity index (χ3v) is 25.2. The zero-order valence-corrected chi connectivity index (χ0v) is 68.0. The lowest BCUT2D eigenvalue weighted by atomic mass is 9.90. The van der Waals surface area contributed by atoms with E-state index in [2.05, 4.69) is 104 Å². The highest BCUT2D eigenvalue weighted by Gasteiger charge is 2.54. The van der Waals surface area contributed by atoms with Gasteiger partial charge in [0.1, 0.15) is 113 Å². The molecule has 0 saturated carbocycles. The fourth-order valence-electron chi connectivity index (χ4n) is 15.7. The highest BCUT2D eigenvalue weighted by Crippen LogP contribution is 2.38. The highest BCUT2D eigenvalue weighted by molar-refractivity contribution is 7.99. The van der Waals surface area contributed by atoms with E-state index in [1.165, 1.54) is 58.6 Å². The summed E-state index contributed by atoms with van der Waals surface area (Å²) in [5.41, 5.74) is 5.73. The third-order valence-electron chi connectivity index (χ3n) is 21.9. The fourth-order valence-corrected chi connectivity index (χ4v) is 18.3. The van der Waals surface area contributed by atoms with Crippen molar-refractivity contribution < 1.29 is 93.2 Å². The molecule has 9 heterocycles. The normalized spacial score (nSPS) is 34.9. The van der Waals surface area contributed by atoms with Gasteiger partial charge in [-0.25, -0.2) is 4.39 Å². The number of benzene rings is 4. The van der Waals surface area contributed by atoms with Gasteiger partial charge in [0.15, 0.2) is 0 Å². The number of carbonyl (C=O) groups is 3. The molecule has 3 amide bonds. The van der Waals surface area contributed by atoms with Crippen LogP contribution in [-0.4, -0.2) is 282 Å². The first-order valence-corrected chi connectivity index (χ1v) is 43.1. The van der Waals surface area contributed by atoms with Crippen LogP contribution in [0.4, 0.5) is 4.39 Å². The molecular formula is C82H102Cl3FN6O18S3. The second kappa shape index (κ2) is 41.4. The smallest absolute Gasteiger partial charge is 0.240 e. The topological polar surface area (TPSA) is 361 Å². The fraction of sp³-hybridized carbons (Fsp3) is 0.549. The number of fused-ring (bicyclic) bond motifs is 3. The Bertz CT molecular complexity index is 4050. The number of thioether (sulfide) groups is 3. The minimum atomic E-state index is -1.44. The van der Waals surface area contributed by atoms with Crippen LogP contribution in [0.3, 0.4) is 0 Å². The molecule has 4 aromatic carbocycles. The van der Waals surface area contributed by atoms with E-state index in [4.69, 9.17) is 63.2 Å². The van der Waals surface area contributed by atoms with Crippen molar-refractivity contribution in [1.29, 1.82) is 0 Å². The van der Waals surface area contributed by atoms with Crippen LogP contribution in [0.5, 0.6) is 0 Å². The van der Waals surface area contributed by atoms with Crippen molar-refractivity contribution in [2.45, 2.75) is 200 Å². The molecule has 0 bridgehead atoms. The molecule has 13 rings (SSSR count). The van der Waals surface area contributed by atoms with E-state index in [0.717, 1.165) is 34.3 Å². The highest BCUT2D eigenvalue weighted by atomic mass is 35.5. The third kappa shape index (κ3) is 21.8. The number of aliphatic hydroxyl groups is 9. The maximum absolute atomic E-state index is 13.5. The van der Waals surface area contributed by atoms with Gasteiger partial charge in [0, 0.05) is 72.5 Å². The number of hydrogen-bond acceptors (Lipinski definition) is 24. The van der Waals surface area contributed by atoms with Gasteiger partial charge in [-0.3, -0.25) is 14.4 Å². The molecule has 0 spiro atoms. The molecule has 30 atom stereocenters. The summed E-state index contributed by atoms with van der Waals surface area (Å²) >= 11 is 22.9. The number of halogens is 4. The lowest BCUT2D eigenvalue weighted by molar-refractivity contribution is -0.205. The van der Waals surface area contributed by atoms with Crippen molar-refractivity contribution in [2.75, 3.05) is 58.2 Å². The summed E-state index contributed by atoms with van der Waals surface area (Å²) in [6.45, 7) is 7.92. The molecule has 9 aliphatic rings. The Balaban J connectivity index is 0.000000168. The van der Waals surface area contributed by atoms with Gasteiger partial charge in [0.2, 0.25) is 17.7 Å². The Labute approximate surface area is 686 Å². The summed E-state index contributed by atoms with van der Waals surface area (Å²) in [6, 6.07) is 30.3. The number of hydrogen-bond donors (Lipinski definition) is 15. The number of amides is 3. The summed E-state index contributed by atoms with van der Waals surface area (Å²) in [7, 11) is 0. The Morgan fingerprint density at radius 3 is 1.28 bits per heavy atom. The average molecular weight is 1680 g/mol. The molecule has 9 aliphatic heterocycles. The van der Waals surface area contributed by atoms with Crippen LogP contribution < -0.4 is 31.9 Å². The van der Waals surface area contributed by atoms with E-state index < -0.39 is 148 Å². The molecule has 15 N–H and O–H groups in total. The quantitative estimate of drug-likeness (QED) is 0.0528. The van der Waals surface area contributed by atoms with Gasteiger partial charge < -0.3 is 106 Å². The number of allylic oxidation sites excluding steroid dienone is 1. The van der Waals surface area contributed by atoms with E-state index in [1.54, 1.807) is 51.7 Å². The van der Waals surface area contributed by atoms with Crippen LogP contribution in [0.15, 0.2) is 139 Å². The monoisotopic (exact) mass is 1680 g/mol. The lowest BCUT2D eigenvalue weighted by Crippen LogP contribution is -2.65. The Morgan fingerprint density at radius 2 is 0.858 bits per heavy atom. The van der Waals surface area contributed by atoms with Gasteiger partial charge in [-0.05, 0) is 98.6 Å². The molecule has 6 saturated heterocycles. The van der Waals surface area contributed by atoms with Crippen LogP contribution >= 0.6 is 70.1 Å². The van der Waals surface area contributed by atoms with Crippen LogP contribution in [0, 0.1) is 47.3 Å². The van der Waals surface area contributed by atoms with Crippen molar-refractivity contribution in [2.24, 2.45) is 17.8 Å². The van der Waals surface area contributed by atoms with Gasteiger partial charge in [-0.2, -0.15) is 0 Å². The molecule has 31 heteroatoms. The number of alkyl halides is 3. The molecule has 113 heavy (non-hydrogen) atoms. The van der Waals surface area contributed by atoms with E-state index in [-0.39, 0.29) is 53.5 Å². The first kappa shape index (κ1) is 88.6. The zero-order chi connectivity index (χ0) is 80.9. The summed E-state index contributed by atoms with van der Waals surface area (Å²) in [4.78, 5) is 40.2. The van der Waals surface area contributed by atoms with Crippen LogP contribution in [0.1, 0.15) is 56.7 Å². The van der Waals surface area contributed by atoms with Gasteiger partial charge in [-0.15, -0.1) is 70.1 Å². The standard InChI is InChI=1S/C30H37ClN2O6S.C26H32ClFN2O6S.C26H33ClN2O6S/c1-16(31)22(28-25(35)24(34)26(36)30(39-28)40-2)33-29(37)23-27-21(15-32-23)14-20(12-13-38-27)19-10-8-18(9-11-19)17-6-4-3-5-7-17;1-13(27)18(24-21(32)20(31)22(33)26(36-24)37-2)30-25(34)19-23-16(12-29-19)10-15(8-9-35-23)7-6-14-4-3-5-17(28)11-14;1-14(27)18(24-21(31)20(30)22(32)26(35-24)36-2)29-25(33)19-23-17(13-28-19)12-16(10-11-34-23)9-8-15-6-4-3-5-7-15/h3-12,16,21-28,30,32,34-36H,13-15H2,1-2H3,(H,33,37);3-5,10-11,13,16,18-24,26,29,31-33H,8-9,12H2,1-2H3,(H,30,34);3-7,12,14,17-24,26,28,30-32H,10-11,13H2,1-2H3,(H,29,33)/t16-,21-,22+,23-,24+,25?,26+,27+,28+,30?;13-,16-,18+,19-,20+,21?,22+,23+,24+,26?;14-,17-,18+,19-,20+,21?,22+,23+,24+,26?/m000/s1. The maximum Gasteiger partial charge on any atom is 0.240 e. The predicted octanol–water partition coefficient (Wildman–Crippen LogP) is 3.78. The molecule has 6 fully saturated rings. The summed E-state index contributed by atoms with van der Waals surface area (Å²) < 4.78 is 49.3. The van der Waals surface area contributed by atoms with Crippen LogP contribution in [-0.2, 0) is 42.8 Å². The Kier molecular flexibility index (Phi) is 32.5. The van der Waals surface area contributed by atoms with Gasteiger partial charge in [0.05, 0.1) is 72.4 Å². The van der Waals surface area contributed by atoms with Crippen molar-refractivity contribution in [3.8, 4) is 34.8 Å². The number of nitrogens with one attached hydrogen (secondary N) is 6. The molecule has 0 aliphatic carbocycles. The minimum absolute atomic E-state index is 0.0236. The zero-order valence-electron chi connectivity index (χ0n) is 63.2. The van der Waals surface area contributed by atoms with Gasteiger partial charge in [-0.1, -0.05) is 121 Å². The second-order valence-electron chi connectivity index (χ2n) is 29.5. The SMILES string of the molecule is CSC1O[C@H]([C@H](NC(=O)[C@H]2NC[C@@H]3C=C(C#Cc4cccc(F)c4)CCO[C@@H]23)[C@H](C)Cl)C(O)[C@@H](O)[C@H]1O.CSC1O[C@H]([C@H](NC(=O)[C@H]2NC[C@@H]3C=C(C#Cc4ccccc4)CCO[C@@H]23)[C@H](C)Cl)C(O)[C@@H](O)[C@H]1O.CSC1O[C@H]([C@H](NC(=O)[C@H]2NC[C@@H]3CC(c4ccc(-c5ccccc5)cc4)=CCO[C@H]32)[C@H](C)Cl)C(O)[C@@H](O)[C@H]1O. The van der Waals surface area contributed by atoms with E-state index in [9.17, 15) is 64.7 Å². The van der Waals surface area contributed by atoms with Gasteiger partial charge in [0.25, 0.3) is 0 Å². The van der Waals surface area contributed by atoms with Crippen molar-refractivity contribution in [3.63, 3.8) is 0 Å². The number of carbonyl (C=O) groups excluding carboxylic acids is 3. The molecule has 614 valence electrons. The van der Waals surface area contributed by atoms with Crippen LogP contribution in [0.2, 0.25) is 0 Å². The van der Waals surface area contributed by atoms with Crippen LogP contribution in [0.25, 0.3) is 16.7 Å². The first-order valence-electron chi connectivity index (χ1n) is 37.9. The summed E-state index contributed by atoms with van der Waals surface area (Å²) in [5, 5.41) is 110. The van der Waals surface area contributed by atoms with E-state index in [1.807, 2.05) is 54.6 Å². The predicted molar refractivity (Wildman–Crippen MR) is 434 cm³/mol. The molecule has 24 nitrogen and oxygen atoms in total. The molecule has 0 radical (unpaired) electrons. The average Bonchev–Trinajstić information content (AvgIpc) is 1.29. The van der Waals surface area contributed by atoms with E-state index in [0.29, 0.717) is 57.9 Å². The first-order chi connectivity index (χ1) is 54.3. The second-order valence-corrected chi connectivity index (χ2v) is 34.4. The van der Waals surface area contributed by atoms with Crippen molar-refractivity contribution in [1.82, 2.24) is 31.9 Å². The number of rotatable bonds is 17. The molecule has 4 aromatic rings. The lowest BCUT2D eigenvalue weighted by Gasteiger charge is -2.44. The largest absolute Gasteiger partial charge is 0.388 e. The Morgan fingerprint density at radius 1 is 0.469 bits per heavy atom. The maximum atomic E-state index is 13.5. The number of aliphatic hydroxyl groups excluding tert-OH is 9. The summed E-state index contributed by atoms with van der Waals surface area (Å²) in [6.07, 6.45) is -3.14.